The lowest BCUT2D eigenvalue weighted by atomic mass is 10.0. The fraction of sp³-hybridized carbons (Fsp3) is 0. The van der Waals surface area contributed by atoms with Crippen LogP contribution in [0.15, 0.2) is 122 Å². The minimum absolute atomic E-state index is 0.605. The maximum Gasteiger partial charge on any atom is 0.164 e. The number of benzene rings is 2. The molecule has 0 saturated heterocycles. The van der Waals surface area contributed by atoms with Gasteiger partial charge in [0.15, 0.2) is 17.5 Å². The summed E-state index contributed by atoms with van der Waals surface area (Å²) >= 11 is 0. The number of aromatic nitrogens is 6. The van der Waals surface area contributed by atoms with E-state index in [1.54, 1.807) is 37.2 Å². The summed E-state index contributed by atoms with van der Waals surface area (Å²) in [6, 6.07) is 28.2. The SMILES string of the molecule is c1cc(-c2ccc(-c3nc(-c4ccncc4)nc(-c4ccc(-c5ccncc5)cc4)n3)cc2)ccn1. The Morgan fingerprint density at radius 2 is 0.472 bits per heavy atom. The fourth-order valence-electron chi connectivity index (χ4n) is 3.98. The van der Waals surface area contributed by atoms with Crippen molar-refractivity contribution in [3.05, 3.63) is 122 Å². The average Bonchev–Trinajstić information content (AvgIpc) is 2.98. The van der Waals surface area contributed by atoms with E-state index in [-0.39, 0.29) is 0 Å². The van der Waals surface area contributed by atoms with E-state index in [1.165, 1.54) is 0 Å². The Balaban J connectivity index is 1.41. The summed E-state index contributed by atoms with van der Waals surface area (Å²) in [4.78, 5) is 26.8. The highest BCUT2D eigenvalue weighted by Crippen LogP contribution is 2.28. The summed E-state index contributed by atoms with van der Waals surface area (Å²) in [5, 5.41) is 0. The quantitative estimate of drug-likeness (QED) is 0.294. The van der Waals surface area contributed by atoms with Gasteiger partial charge in [-0.3, -0.25) is 15.0 Å². The van der Waals surface area contributed by atoms with Gasteiger partial charge in [-0.05, 0) is 58.7 Å². The van der Waals surface area contributed by atoms with Crippen molar-refractivity contribution in [1.82, 2.24) is 29.9 Å². The summed E-state index contributed by atoms with van der Waals surface area (Å²) in [7, 11) is 0. The fourth-order valence-corrected chi connectivity index (χ4v) is 3.98. The third-order valence-corrected chi connectivity index (χ3v) is 5.89. The van der Waals surface area contributed by atoms with Crippen LogP contribution in [0.5, 0.6) is 0 Å². The average molecular weight is 465 g/mol. The minimum Gasteiger partial charge on any atom is -0.265 e. The van der Waals surface area contributed by atoms with E-state index in [1.807, 2.05) is 60.7 Å². The molecule has 4 heterocycles. The summed E-state index contributed by atoms with van der Waals surface area (Å²) in [6.07, 6.45) is 10.7. The first kappa shape index (κ1) is 21.4. The zero-order chi connectivity index (χ0) is 24.2. The molecule has 0 N–H and O–H groups in total. The Bertz CT molecular complexity index is 1480. The normalized spacial score (nSPS) is 10.8. The van der Waals surface area contributed by atoms with Crippen LogP contribution in [0.2, 0.25) is 0 Å². The first-order valence-corrected chi connectivity index (χ1v) is 11.5. The second-order valence-corrected chi connectivity index (χ2v) is 8.17. The molecule has 6 nitrogen and oxygen atoms in total. The van der Waals surface area contributed by atoms with Crippen LogP contribution in [0.3, 0.4) is 0 Å². The number of hydrogen-bond donors (Lipinski definition) is 0. The maximum atomic E-state index is 4.85. The standard InChI is InChI=1S/C30H20N6/c1-5-25(6-2-21(1)23-9-15-31-16-10-23)28-34-29(36-30(35-28)27-13-19-33-20-14-27)26-7-3-22(4-8-26)24-11-17-32-18-12-24/h1-20H. The molecule has 36 heavy (non-hydrogen) atoms. The monoisotopic (exact) mass is 464 g/mol. The Morgan fingerprint density at radius 3 is 0.806 bits per heavy atom. The molecule has 0 spiro atoms. The van der Waals surface area contributed by atoms with E-state index in [2.05, 4.69) is 39.2 Å². The predicted molar refractivity (Wildman–Crippen MR) is 140 cm³/mol. The molecule has 2 aromatic carbocycles. The lowest BCUT2D eigenvalue weighted by molar-refractivity contribution is 1.07. The molecule has 0 bridgehead atoms. The summed E-state index contributed by atoms with van der Waals surface area (Å²) in [5.74, 6) is 1.84. The van der Waals surface area contributed by atoms with Crippen molar-refractivity contribution >= 4 is 0 Å². The maximum absolute atomic E-state index is 4.85. The highest BCUT2D eigenvalue weighted by Gasteiger charge is 2.13. The summed E-state index contributed by atoms with van der Waals surface area (Å²) in [6.45, 7) is 0. The van der Waals surface area contributed by atoms with Gasteiger partial charge in [-0.1, -0.05) is 48.5 Å². The van der Waals surface area contributed by atoms with Crippen molar-refractivity contribution in [2.45, 2.75) is 0 Å². The van der Waals surface area contributed by atoms with E-state index in [4.69, 9.17) is 15.0 Å². The molecule has 0 saturated carbocycles. The molecule has 4 aromatic heterocycles. The van der Waals surface area contributed by atoms with E-state index in [9.17, 15) is 0 Å². The van der Waals surface area contributed by atoms with Gasteiger partial charge in [0.2, 0.25) is 0 Å². The van der Waals surface area contributed by atoms with Crippen molar-refractivity contribution in [3.8, 4) is 56.4 Å². The molecule has 6 aromatic rings. The Labute approximate surface area is 208 Å². The van der Waals surface area contributed by atoms with Crippen molar-refractivity contribution < 1.29 is 0 Å². The minimum atomic E-state index is 0.605. The molecular formula is C30H20N6. The van der Waals surface area contributed by atoms with Crippen LogP contribution in [0, 0.1) is 0 Å². The summed E-state index contributed by atoms with van der Waals surface area (Å²) < 4.78 is 0. The second-order valence-electron chi connectivity index (χ2n) is 8.17. The van der Waals surface area contributed by atoms with Crippen LogP contribution < -0.4 is 0 Å². The van der Waals surface area contributed by atoms with Crippen molar-refractivity contribution in [2.24, 2.45) is 0 Å². The second kappa shape index (κ2) is 9.64. The molecular weight excluding hydrogens is 444 g/mol. The highest BCUT2D eigenvalue weighted by atomic mass is 15.0. The van der Waals surface area contributed by atoms with Gasteiger partial charge in [0.25, 0.3) is 0 Å². The van der Waals surface area contributed by atoms with Gasteiger partial charge in [0.1, 0.15) is 0 Å². The van der Waals surface area contributed by atoms with E-state index in [0.29, 0.717) is 17.5 Å². The van der Waals surface area contributed by atoms with Gasteiger partial charge in [-0.15, -0.1) is 0 Å². The van der Waals surface area contributed by atoms with Gasteiger partial charge in [-0.25, -0.2) is 15.0 Å². The molecule has 0 fully saturated rings. The Hall–Kier alpha value is -5.10. The van der Waals surface area contributed by atoms with Crippen LogP contribution in [0.4, 0.5) is 0 Å². The molecule has 0 aliphatic rings. The number of hydrogen-bond acceptors (Lipinski definition) is 6. The molecule has 0 aliphatic heterocycles. The summed E-state index contributed by atoms with van der Waals surface area (Å²) in [5.41, 5.74) is 7.16. The van der Waals surface area contributed by atoms with E-state index in [0.717, 1.165) is 38.9 Å². The molecule has 170 valence electrons. The molecule has 0 atom stereocenters. The topological polar surface area (TPSA) is 77.3 Å². The molecule has 0 amide bonds. The first-order valence-electron chi connectivity index (χ1n) is 11.5. The van der Waals surface area contributed by atoms with Gasteiger partial charge >= 0.3 is 0 Å². The number of rotatable bonds is 5. The number of nitrogens with zero attached hydrogens (tertiary/aromatic N) is 6. The smallest absolute Gasteiger partial charge is 0.164 e. The van der Waals surface area contributed by atoms with Gasteiger partial charge in [0.05, 0.1) is 0 Å². The molecule has 6 heteroatoms. The predicted octanol–water partition coefficient (Wildman–Crippen LogP) is 6.39. The Morgan fingerprint density at radius 1 is 0.250 bits per heavy atom. The van der Waals surface area contributed by atoms with Crippen LogP contribution in [0.1, 0.15) is 0 Å². The van der Waals surface area contributed by atoms with Gasteiger partial charge in [-0.2, -0.15) is 0 Å². The lowest BCUT2D eigenvalue weighted by Gasteiger charge is -2.09. The largest absolute Gasteiger partial charge is 0.265 e. The van der Waals surface area contributed by atoms with Crippen LogP contribution >= 0.6 is 0 Å². The van der Waals surface area contributed by atoms with Gasteiger partial charge in [0, 0.05) is 53.9 Å². The molecule has 0 aliphatic carbocycles. The highest BCUT2D eigenvalue weighted by molar-refractivity contribution is 5.71. The molecule has 6 rings (SSSR count). The third kappa shape index (κ3) is 4.48. The van der Waals surface area contributed by atoms with E-state index < -0.39 is 0 Å². The lowest BCUT2D eigenvalue weighted by Crippen LogP contribution is -2.00. The van der Waals surface area contributed by atoms with Gasteiger partial charge < -0.3 is 0 Å². The van der Waals surface area contributed by atoms with Crippen molar-refractivity contribution in [2.75, 3.05) is 0 Å². The van der Waals surface area contributed by atoms with Crippen molar-refractivity contribution in [3.63, 3.8) is 0 Å². The number of pyridine rings is 3. The van der Waals surface area contributed by atoms with E-state index >= 15 is 0 Å². The third-order valence-electron chi connectivity index (χ3n) is 5.89. The zero-order valence-electron chi connectivity index (χ0n) is 19.2. The first-order chi connectivity index (χ1) is 17.8. The van der Waals surface area contributed by atoms with Crippen LogP contribution in [-0.4, -0.2) is 29.9 Å². The zero-order valence-corrected chi connectivity index (χ0v) is 19.2. The van der Waals surface area contributed by atoms with Crippen LogP contribution in [0.25, 0.3) is 56.4 Å². The molecule has 0 radical (unpaired) electrons. The van der Waals surface area contributed by atoms with Crippen LogP contribution in [-0.2, 0) is 0 Å². The van der Waals surface area contributed by atoms with Crippen molar-refractivity contribution in [1.29, 1.82) is 0 Å². The molecule has 0 unspecified atom stereocenters. The Kier molecular flexibility index (Phi) is 5.74.